The van der Waals surface area contributed by atoms with Crippen molar-refractivity contribution in [1.29, 1.82) is 0 Å². The molecular weight excluding hydrogens is 309 g/mol. The van der Waals surface area contributed by atoms with Crippen molar-refractivity contribution in [3.05, 3.63) is 54.0 Å². The third-order valence-electron chi connectivity index (χ3n) is 3.93. The molecule has 126 valence electrons. The van der Waals surface area contributed by atoms with Gasteiger partial charge in [0.1, 0.15) is 11.6 Å². The van der Waals surface area contributed by atoms with Crippen molar-refractivity contribution in [2.24, 2.45) is 0 Å². The molecule has 0 radical (unpaired) electrons. The number of pyridine rings is 1. The molecule has 0 saturated carbocycles. The Kier molecular flexibility index (Phi) is 5.38. The number of rotatable bonds is 5. The molecule has 5 nitrogen and oxygen atoms in total. The lowest BCUT2D eigenvalue weighted by Gasteiger charge is -2.22. The molecule has 1 aromatic carbocycles. The molecule has 1 saturated heterocycles. The molecule has 2 heterocycles. The average molecular weight is 329 g/mol. The monoisotopic (exact) mass is 329 g/mol. The molecule has 1 aliphatic heterocycles. The number of hydrogen-bond donors (Lipinski definition) is 2. The normalized spacial score (nSPS) is 17.3. The van der Waals surface area contributed by atoms with Crippen LogP contribution in [0.1, 0.15) is 24.8 Å². The summed E-state index contributed by atoms with van der Waals surface area (Å²) < 4.78 is 18.4. The summed E-state index contributed by atoms with van der Waals surface area (Å²) in [4.78, 5) is 16.3. The second-order valence-electron chi connectivity index (χ2n) is 5.78. The lowest BCUT2D eigenvalue weighted by Crippen LogP contribution is -2.46. The van der Waals surface area contributed by atoms with Crippen LogP contribution in [0, 0.1) is 5.82 Å². The van der Waals surface area contributed by atoms with Gasteiger partial charge in [0.15, 0.2) is 0 Å². The van der Waals surface area contributed by atoms with Gasteiger partial charge in [0, 0.05) is 18.8 Å². The molecule has 0 spiro atoms. The standard InChI is InChI=1S/C18H20FN3O2/c19-14-5-7-15(8-6-14)24-17-9-4-13(11-21-17)12-22-18(23)16-3-1-2-10-20-16/h4-9,11,16,20H,1-3,10,12H2,(H,22,23)/t16-/m1/s1. The fraction of sp³-hybridized carbons (Fsp3) is 0.333. The number of halogens is 1. The Bertz CT molecular complexity index is 668. The van der Waals surface area contributed by atoms with E-state index in [9.17, 15) is 9.18 Å². The topological polar surface area (TPSA) is 63.2 Å². The van der Waals surface area contributed by atoms with E-state index in [1.54, 1.807) is 24.4 Å². The van der Waals surface area contributed by atoms with Gasteiger partial charge in [-0.1, -0.05) is 12.5 Å². The van der Waals surface area contributed by atoms with Crippen LogP contribution in [0.5, 0.6) is 11.6 Å². The molecule has 0 aliphatic carbocycles. The highest BCUT2D eigenvalue weighted by atomic mass is 19.1. The quantitative estimate of drug-likeness (QED) is 0.885. The van der Waals surface area contributed by atoms with E-state index in [1.165, 1.54) is 12.1 Å². The van der Waals surface area contributed by atoms with Gasteiger partial charge >= 0.3 is 0 Å². The molecule has 0 unspecified atom stereocenters. The third kappa shape index (κ3) is 4.52. The summed E-state index contributed by atoms with van der Waals surface area (Å²) in [5, 5.41) is 6.14. The molecule has 24 heavy (non-hydrogen) atoms. The fourth-order valence-electron chi connectivity index (χ4n) is 2.59. The lowest BCUT2D eigenvalue weighted by atomic mass is 10.0. The highest BCUT2D eigenvalue weighted by Crippen LogP contribution is 2.19. The molecule has 1 atom stereocenters. The first kappa shape index (κ1) is 16.4. The van der Waals surface area contributed by atoms with E-state index in [2.05, 4.69) is 15.6 Å². The van der Waals surface area contributed by atoms with Crippen molar-refractivity contribution in [1.82, 2.24) is 15.6 Å². The predicted octanol–water partition coefficient (Wildman–Crippen LogP) is 2.77. The van der Waals surface area contributed by atoms with E-state index >= 15 is 0 Å². The van der Waals surface area contributed by atoms with Gasteiger partial charge in [-0.25, -0.2) is 9.37 Å². The lowest BCUT2D eigenvalue weighted by molar-refractivity contribution is -0.123. The minimum absolute atomic E-state index is 0.0290. The minimum Gasteiger partial charge on any atom is -0.439 e. The van der Waals surface area contributed by atoms with Crippen LogP contribution in [0.3, 0.4) is 0 Å². The second-order valence-corrected chi connectivity index (χ2v) is 5.78. The maximum absolute atomic E-state index is 12.9. The average Bonchev–Trinajstić information content (AvgIpc) is 2.63. The number of carbonyl (C=O) groups is 1. The summed E-state index contributed by atoms with van der Waals surface area (Å²) in [5.74, 6) is 0.661. The Hall–Kier alpha value is -2.47. The maximum Gasteiger partial charge on any atom is 0.237 e. The molecule has 1 fully saturated rings. The van der Waals surface area contributed by atoms with Crippen molar-refractivity contribution >= 4 is 5.91 Å². The first-order chi connectivity index (χ1) is 11.7. The molecule has 3 rings (SSSR count). The highest BCUT2D eigenvalue weighted by Gasteiger charge is 2.19. The smallest absolute Gasteiger partial charge is 0.237 e. The van der Waals surface area contributed by atoms with E-state index in [0.29, 0.717) is 18.2 Å². The van der Waals surface area contributed by atoms with Gasteiger partial charge in [-0.15, -0.1) is 0 Å². The zero-order valence-corrected chi connectivity index (χ0v) is 13.3. The van der Waals surface area contributed by atoms with Crippen LogP contribution >= 0.6 is 0 Å². The highest BCUT2D eigenvalue weighted by molar-refractivity contribution is 5.81. The van der Waals surface area contributed by atoms with Gasteiger partial charge in [0.25, 0.3) is 0 Å². The largest absolute Gasteiger partial charge is 0.439 e. The van der Waals surface area contributed by atoms with Crippen LogP contribution in [0.4, 0.5) is 4.39 Å². The van der Waals surface area contributed by atoms with Gasteiger partial charge in [-0.3, -0.25) is 4.79 Å². The van der Waals surface area contributed by atoms with Gasteiger partial charge < -0.3 is 15.4 Å². The first-order valence-corrected chi connectivity index (χ1v) is 8.10. The summed E-state index contributed by atoms with van der Waals surface area (Å²) in [7, 11) is 0. The van der Waals surface area contributed by atoms with Crippen LogP contribution in [0.2, 0.25) is 0 Å². The predicted molar refractivity (Wildman–Crippen MR) is 88.2 cm³/mol. The molecule has 2 N–H and O–H groups in total. The van der Waals surface area contributed by atoms with Crippen molar-refractivity contribution in [2.45, 2.75) is 31.8 Å². The van der Waals surface area contributed by atoms with Gasteiger partial charge in [-0.05, 0) is 49.2 Å². The molecular formula is C18H20FN3O2. The van der Waals surface area contributed by atoms with Gasteiger partial charge in [0.2, 0.25) is 11.8 Å². The van der Waals surface area contributed by atoms with Crippen molar-refractivity contribution in [3.63, 3.8) is 0 Å². The summed E-state index contributed by atoms with van der Waals surface area (Å²) in [5.41, 5.74) is 0.894. The summed E-state index contributed by atoms with van der Waals surface area (Å²) >= 11 is 0. The zero-order valence-electron chi connectivity index (χ0n) is 13.3. The maximum atomic E-state index is 12.9. The van der Waals surface area contributed by atoms with Crippen LogP contribution in [0.15, 0.2) is 42.6 Å². The first-order valence-electron chi connectivity index (χ1n) is 8.10. The zero-order chi connectivity index (χ0) is 16.8. The number of nitrogens with one attached hydrogen (secondary N) is 2. The van der Waals surface area contributed by atoms with E-state index in [0.717, 1.165) is 31.4 Å². The van der Waals surface area contributed by atoms with Crippen LogP contribution in [0.25, 0.3) is 0 Å². The molecule has 0 bridgehead atoms. The number of nitrogens with zero attached hydrogens (tertiary/aromatic N) is 1. The molecule has 1 aliphatic rings. The van der Waals surface area contributed by atoms with Crippen molar-refractivity contribution in [2.75, 3.05) is 6.54 Å². The Balaban J connectivity index is 1.50. The number of hydrogen-bond acceptors (Lipinski definition) is 4. The summed E-state index contributed by atoms with van der Waals surface area (Å²) in [6.07, 6.45) is 4.76. The minimum atomic E-state index is -0.311. The SMILES string of the molecule is O=C(NCc1ccc(Oc2ccc(F)cc2)nc1)[C@H]1CCCCN1. The van der Waals surface area contributed by atoms with Crippen LogP contribution in [-0.2, 0) is 11.3 Å². The second kappa shape index (κ2) is 7.88. The Morgan fingerprint density at radius 2 is 2.08 bits per heavy atom. The van der Waals surface area contributed by atoms with E-state index in [-0.39, 0.29) is 17.8 Å². The van der Waals surface area contributed by atoms with Crippen LogP contribution in [-0.4, -0.2) is 23.5 Å². The third-order valence-corrected chi connectivity index (χ3v) is 3.93. The Morgan fingerprint density at radius 1 is 1.25 bits per heavy atom. The summed E-state index contributed by atoms with van der Waals surface area (Å²) in [6.45, 7) is 1.33. The Morgan fingerprint density at radius 3 is 2.75 bits per heavy atom. The molecule has 1 aromatic heterocycles. The van der Waals surface area contributed by atoms with E-state index < -0.39 is 0 Å². The van der Waals surface area contributed by atoms with Crippen LogP contribution < -0.4 is 15.4 Å². The number of amides is 1. The van der Waals surface area contributed by atoms with E-state index in [4.69, 9.17) is 4.74 Å². The number of carbonyl (C=O) groups excluding carboxylic acids is 1. The van der Waals surface area contributed by atoms with Gasteiger partial charge in [-0.2, -0.15) is 0 Å². The number of ether oxygens (including phenoxy) is 1. The number of piperidine rings is 1. The Labute approximate surface area is 140 Å². The molecule has 2 aromatic rings. The number of aromatic nitrogens is 1. The van der Waals surface area contributed by atoms with Gasteiger partial charge in [0.05, 0.1) is 6.04 Å². The van der Waals surface area contributed by atoms with Crippen molar-refractivity contribution < 1.29 is 13.9 Å². The summed E-state index contributed by atoms with van der Waals surface area (Å²) in [6, 6.07) is 9.24. The number of benzene rings is 1. The fourth-order valence-corrected chi connectivity index (χ4v) is 2.59. The van der Waals surface area contributed by atoms with Crippen molar-refractivity contribution in [3.8, 4) is 11.6 Å². The van der Waals surface area contributed by atoms with E-state index in [1.807, 2.05) is 6.07 Å². The molecule has 1 amide bonds. The molecule has 6 heteroatoms.